The van der Waals surface area contributed by atoms with Crippen LogP contribution in [-0.2, 0) is 0 Å². The highest BCUT2D eigenvalue weighted by molar-refractivity contribution is 6.31. The van der Waals surface area contributed by atoms with Crippen LogP contribution in [0, 0.1) is 5.92 Å². The Balaban J connectivity index is 1.26. The van der Waals surface area contributed by atoms with E-state index in [1.807, 2.05) is 43.3 Å². The first-order valence-electron chi connectivity index (χ1n) is 10.8. The molecule has 0 saturated heterocycles. The lowest BCUT2D eigenvalue weighted by atomic mass is 10.1. The predicted octanol–water partition coefficient (Wildman–Crippen LogP) is 5.27. The topological polar surface area (TPSA) is 68.4 Å². The molecule has 0 amide bonds. The summed E-state index contributed by atoms with van der Waals surface area (Å²) < 4.78 is 8.40. The van der Waals surface area contributed by atoms with Crippen molar-refractivity contribution in [3.8, 4) is 5.75 Å². The molecule has 0 unspecified atom stereocenters. The minimum Gasteiger partial charge on any atom is -0.493 e. The summed E-state index contributed by atoms with van der Waals surface area (Å²) in [7, 11) is 3.88. The summed E-state index contributed by atoms with van der Waals surface area (Å²) >= 11 is 6.02. The van der Waals surface area contributed by atoms with Gasteiger partial charge in [-0.2, -0.15) is 0 Å². The van der Waals surface area contributed by atoms with Gasteiger partial charge in [0, 0.05) is 44.0 Å². The smallest absolute Gasteiger partial charge is 0.166 e. The lowest BCUT2D eigenvalue weighted by Crippen LogP contribution is -2.10. The molecule has 1 aliphatic rings. The van der Waals surface area contributed by atoms with Crippen molar-refractivity contribution < 1.29 is 4.74 Å². The van der Waals surface area contributed by atoms with Gasteiger partial charge in [-0.1, -0.05) is 11.6 Å². The fourth-order valence-electron chi connectivity index (χ4n) is 4.36. The molecule has 1 aromatic carbocycles. The standard InChI is InChI=1S/C24H25ClN6O/c1-30(2)15-29-23-21-7-8-31(24(21)28-14-27-23)19-5-3-16(9-19)13-32-20-6-4-17-10-18(25)12-26-22(17)11-20/h4,6-8,10-12,14-16,19H,3,5,9,13H2,1-2H3/b29-15+/t16-,19+/m1/s1. The summed E-state index contributed by atoms with van der Waals surface area (Å²) in [6.07, 6.45) is 10.4. The molecule has 7 nitrogen and oxygen atoms in total. The summed E-state index contributed by atoms with van der Waals surface area (Å²) in [6.45, 7) is 0.697. The molecule has 0 bridgehead atoms. The lowest BCUT2D eigenvalue weighted by molar-refractivity contribution is 0.248. The molecule has 8 heteroatoms. The van der Waals surface area contributed by atoms with Gasteiger partial charge < -0.3 is 14.2 Å². The Morgan fingerprint density at radius 1 is 1.19 bits per heavy atom. The lowest BCUT2D eigenvalue weighted by Gasteiger charge is -2.15. The number of aromatic nitrogens is 4. The summed E-state index contributed by atoms with van der Waals surface area (Å²) in [4.78, 5) is 19.6. The average Bonchev–Trinajstić information content (AvgIpc) is 3.43. The number of hydrogen-bond acceptors (Lipinski definition) is 5. The zero-order valence-electron chi connectivity index (χ0n) is 18.1. The zero-order valence-corrected chi connectivity index (χ0v) is 18.9. The highest BCUT2D eigenvalue weighted by Gasteiger charge is 2.27. The number of halogens is 1. The fourth-order valence-corrected chi connectivity index (χ4v) is 4.52. The summed E-state index contributed by atoms with van der Waals surface area (Å²) in [5.74, 6) is 2.05. The Kier molecular flexibility index (Phi) is 5.66. The Bertz CT molecular complexity index is 1280. The molecule has 1 saturated carbocycles. The molecule has 4 aromatic rings. The number of fused-ring (bicyclic) bond motifs is 2. The number of aliphatic imine (C=N–C) groups is 1. The Labute approximate surface area is 191 Å². The number of hydrogen-bond donors (Lipinski definition) is 0. The van der Waals surface area contributed by atoms with Crippen LogP contribution in [-0.4, -0.2) is 51.5 Å². The van der Waals surface area contributed by atoms with Gasteiger partial charge in [0.2, 0.25) is 0 Å². The van der Waals surface area contributed by atoms with Gasteiger partial charge in [-0.25, -0.2) is 15.0 Å². The fraction of sp³-hybridized carbons (Fsp3) is 0.333. The van der Waals surface area contributed by atoms with E-state index >= 15 is 0 Å². The maximum absolute atomic E-state index is 6.12. The molecule has 1 fully saturated rings. The van der Waals surface area contributed by atoms with Crippen molar-refractivity contribution in [3.05, 3.63) is 54.1 Å². The van der Waals surface area contributed by atoms with Gasteiger partial charge >= 0.3 is 0 Å². The van der Waals surface area contributed by atoms with Gasteiger partial charge in [0.05, 0.1) is 28.9 Å². The van der Waals surface area contributed by atoms with E-state index in [-0.39, 0.29) is 0 Å². The second kappa shape index (κ2) is 8.74. The number of benzene rings is 1. The van der Waals surface area contributed by atoms with Crippen molar-refractivity contribution in [2.75, 3.05) is 20.7 Å². The third-order valence-electron chi connectivity index (χ3n) is 5.91. The third-order valence-corrected chi connectivity index (χ3v) is 6.12. The maximum atomic E-state index is 6.12. The van der Waals surface area contributed by atoms with Gasteiger partial charge in [-0.15, -0.1) is 0 Å². The number of rotatable bonds is 6. The minimum absolute atomic E-state index is 0.405. The van der Waals surface area contributed by atoms with Crippen LogP contribution in [0.3, 0.4) is 0 Å². The average molecular weight is 449 g/mol. The van der Waals surface area contributed by atoms with Crippen molar-refractivity contribution in [2.24, 2.45) is 10.9 Å². The molecule has 0 spiro atoms. The molecular weight excluding hydrogens is 424 g/mol. The first-order chi connectivity index (χ1) is 15.6. The second-order valence-corrected chi connectivity index (χ2v) is 8.95. The third kappa shape index (κ3) is 4.25. The molecule has 0 aliphatic heterocycles. The molecule has 0 radical (unpaired) electrons. The first-order valence-corrected chi connectivity index (χ1v) is 11.1. The maximum Gasteiger partial charge on any atom is 0.166 e. The van der Waals surface area contributed by atoms with Crippen molar-refractivity contribution in [1.82, 2.24) is 24.4 Å². The highest BCUT2D eigenvalue weighted by atomic mass is 35.5. The molecule has 0 N–H and O–H groups in total. The number of ether oxygens (including phenoxy) is 1. The van der Waals surface area contributed by atoms with Gasteiger partial charge in [0.25, 0.3) is 0 Å². The SMILES string of the molecule is CN(C)/C=N/c1ncnc2c1ccn2[C@H]1CC[C@@H](COc2ccc3cc(Cl)cnc3c2)C1. The summed E-state index contributed by atoms with van der Waals surface area (Å²) in [5, 5.41) is 2.64. The van der Waals surface area contributed by atoms with E-state index in [0.717, 1.165) is 46.9 Å². The Morgan fingerprint density at radius 2 is 2.09 bits per heavy atom. The van der Waals surface area contributed by atoms with Crippen LogP contribution in [0.5, 0.6) is 5.75 Å². The first kappa shape index (κ1) is 20.7. The predicted molar refractivity (Wildman–Crippen MR) is 128 cm³/mol. The quantitative estimate of drug-likeness (QED) is 0.296. The molecule has 32 heavy (non-hydrogen) atoms. The molecular formula is C24H25ClN6O. The van der Waals surface area contributed by atoms with E-state index in [9.17, 15) is 0 Å². The van der Waals surface area contributed by atoms with E-state index in [4.69, 9.17) is 16.3 Å². The van der Waals surface area contributed by atoms with Crippen LogP contribution < -0.4 is 4.74 Å². The highest BCUT2D eigenvalue weighted by Crippen LogP contribution is 2.37. The molecule has 3 aromatic heterocycles. The van der Waals surface area contributed by atoms with Crippen LogP contribution in [0.1, 0.15) is 25.3 Å². The van der Waals surface area contributed by atoms with Gasteiger partial charge in [-0.3, -0.25) is 4.98 Å². The van der Waals surface area contributed by atoms with Crippen LogP contribution in [0.2, 0.25) is 5.02 Å². The van der Waals surface area contributed by atoms with E-state index < -0.39 is 0 Å². The van der Waals surface area contributed by atoms with Crippen molar-refractivity contribution in [3.63, 3.8) is 0 Å². The van der Waals surface area contributed by atoms with Crippen molar-refractivity contribution in [2.45, 2.75) is 25.3 Å². The van der Waals surface area contributed by atoms with Gasteiger partial charge in [-0.05, 0) is 49.4 Å². The molecule has 2 atom stereocenters. The van der Waals surface area contributed by atoms with E-state index in [0.29, 0.717) is 29.4 Å². The molecule has 1 aliphatic carbocycles. The van der Waals surface area contributed by atoms with E-state index in [1.54, 1.807) is 18.9 Å². The van der Waals surface area contributed by atoms with Gasteiger partial charge in [0.1, 0.15) is 17.7 Å². The number of pyridine rings is 1. The van der Waals surface area contributed by atoms with E-state index in [2.05, 4.69) is 36.8 Å². The molecule has 3 heterocycles. The second-order valence-electron chi connectivity index (χ2n) is 8.52. The van der Waals surface area contributed by atoms with Crippen LogP contribution >= 0.6 is 11.6 Å². The summed E-state index contributed by atoms with van der Waals surface area (Å²) in [6, 6.07) is 10.3. The van der Waals surface area contributed by atoms with Crippen molar-refractivity contribution in [1.29, 1.82) is 0 Å². The molecule has 5 rings (SSSR count). The number of nitrogens with zero attached hydrogens (tertiary/aromatic N) is 6. The largest absolute Gasteiger partial charge is 0.493 e. The van der Waals surface area contributed by atoms with Crippen LogP contribution in [0.4, 0.5) is 5.82 Å². The minimum atomic E-state index is 0.405. The summed E-state index contributed by atoms with van der Waals surface area (Å²) in [5.41, 5.74) is 1.83. The van der Waals surface area contributed by atoms with Crippen LogP contribution in [0.15, 0.2) is 54.0 Å². The zero-order chi connectivity index (χ0) is 22.1. The normalized spacial score (nSPS) is 18.7. The molecule has 164 valence electrons. The monoisotopic (exact) mass is 448 g/mol. The van der Waals surface area contributed by atoms with E-state index in [1.165, 1.54) is 0 Å². The van der Waals surface area contributed by atoms with Gasteiger partial charge in [0.15, 0.2) is 5.82 Å². The van der Waals surface area contributed by atoms with Crippen LogP contribution in [0.25, 0.3) is 21.9 Å². The Morgan fingerprint density at radius 3 is 2.97 bits per heavy atom. The Hall–Kier alpha value is -3.19. The van der Waals surface area contributed by atoms with Crippen molar-refractivity contribution >= 4 is 45.7 Å².